The molecule has 0 radical (unpaired) electrons. The molecule has 0 aliphatic carbocycles. The van der Waals surface area contributed by atoms with Crippen LogP contribution in [-0.2, 0) is 0 Å². The second-order valence-electron chi connectivity index (χ2n) is 6.61. The van der Waals surface area contributed by atoms with Crippen LogP contribution in [0.3, 0.4) is 0 Å². The average Bonchev–Trinajstić information content (AvgIpc) is 2.77. The van der Waals surface area contributed by atoms with Crippen molar-refractivity contribution in [1.29, 1.82) is 0 Å². The first-order valence-electron chi connectivity index (χ1n) is 9.17. The second kappa shape index (κ2) is 7.93. The molecule has 0 saturated heterocycles. The van der Waals surface area contributed by atoms with E-state index in [-0.39, 0.29) is 11.7 Å². The highest BCUT2D eigenvalue weighted by Gasteiger charge is 2.22. The quantitative estimate of drug-likeness (QED) is 0.417. The molecule has 7 heteroatoms. The SMILES string of the molecule is C[C@@H](Nc1c(Nc2ccnc(Nc3cccnc3)c2)c(=O)c1=O)c1ccccc1. The Balaban J connectivity index is 1.52. The van der Waals surface area contributed by atoms with Gasteiger partial charge in [0.1, 0.15) is 17.2 Å². The molecule has 0 spiro atoms. The molecule has 7 nitrogen and oxygen atoms in total. The van der Waals surface area contributed by atoms with Crippen molar-refractivity contribution in [3.05, 3.63) is 99.2 Å². The number of nitrogens with zero attached hydrogens (tertiary/aromatic N) is 2. The van der Waals surface area contributed by atoms with Gasteiger partial charge in [0.2, 0.25) is 0 Å². The fourth-order valence-electron chi connectivity index (χ4n) is 3.00. The molecule has 0 aliphatic heterocycles. The summed E-state index contributed by atoms with van der Waals surface area (Å²) in [7, 11) is 0. The Morgan fingerprint density at radius 3 is 2.38 bits per heavy atom. The van der Waals surface area contributed by atoms with Crippen molar-refractivity contribution in [2.75, 3.05) is 16.0 Å². The van der Waals surface area contributed by atoms with E-state index in [4.69, 9.17) is 0 Å². The minimum absolute atomic E-state index is 0.111. The smallest absolute Gasteiger partial charge is 0.253 e. The molecule has 2 aromatic heterocycles. The van der Waals surface area contributed by atoms with Gasteiger partial charge in [0.05, 0.1) is 11.9 Å². The highest BCUT2D eigenvalue weighted by Crippen LogP contribution is 2.26. The van der Waals surface area contributed by atoms with Gasteiger partial charge in [-0.3, -0.25) is 14.6 Å². The number of benzene rings is 1. The number of rotatable bonds is 7. The number of aromatic nitrogens is 2. The van der Waals surface area contributed by atoms with E-state index in [2.05, 4.69) is 25.9 Å². The predicted octanol–water partition coefficient (Wildman–Crippen LogP) is 3.73. The van der Waals surface area contributed by atoms with Crippen molar-refractivity contribution >= 4 is 28.6 Å². The number of hydrogen-bond acceptors (Lipinski definition) is 7. The molecule has 4 rings (SSSR count). The van der Waals surface area contributed by atoms with Crippen LogP contribution in [0.25, 0.3) is 0 Å². The van der Waals surface area contributed by atoms with Crippen LogP contribution in [0.1, 0.15) is 18.5 Å². The van der Waals surface area contributed by atoms with E-state index in [9.17, 15) is 9.59 Å². The summed E-state index contributed by atoms with van der Waals surface area (Å²) in [6, 6.07) is 16.8. The highest BCUT2D eigenvalue weighted by atomic mass is 16.2. The van der Waals surface area contributed by atoms with Gasteiger partial charge in [0.25, 0.3) is 10.9 Å². The number of nitrogens with one attached hydrogen (secondary N) is 3. The van der Waals surface area contributed by atoms with Crippen LogP contribution in [0.2, 0.25) is 0 Å². The zero-order valence-electron chi connectivity index (χ0n) is 15.7. The van der Waals surface area contributed by atoms with Crippen molar-refractivity contribution < 1.29 is 0 Å². The molecule has 144 valence electrons. The minimum atomic E-state index is -0.536. The van der Waals surface area contributed by atoms with E-state index in [0.29, 0.717) is 17.2 Å². The van der Waals surface area contributed by atoms with E-state index < -0.39 is 10.9 Å². The van der Waals surface area contributed by atoms with E-state index in [0.717, 1.165) is 11.3 Å². The van der Waals surface area contributed by atoms with E-state index >= 15 is 0 Å². The third-order valence-electron chi connectivity index (χ3n) is 4.53. The van der Waals surface area contributed by atoms with E-state index in [1.165, 1.54) is 0 Å². The third kappa shape index (κ3) is 3.98. The average molecular weight is 385 g/mol. The minimum Gasteiger partial charge on any atom is -0.373 e. The molecule has 0 amide bonds. The van der Waals surface area contributed by atoms with Gasteiger partial charge in [-0.05, 0) is 30.7 Å². The van der Waals surface area contributed by atoms with Gasteiger partial charge in [-0.25, -0.2) is 4.98 Å². The molecule has 0 saturated carbocycles. The summed E-state index contributed by atoms with van der Waals surface area (Å²) in [4.78, 5) is 32.5. The predicted molar refractivity (Wildman–Crippen MR) is 115 cm³/mol. The van der Waals surface area contributed by atoms with Crippen molar-refractivity contribution in [1.82, 2.24) is 9.97 Å². The summed E-state index contributed by atoms with van der Waals surface area (Å²) in [6.07, 6.45) is 4.99. The van der Waals surface area contributed by atoms with Crippen LogP contribution in [0.5, 0.6) is 0 Å². The lowest BCUT2D eigenvalue weighted by Crippen LogP contribution is -2.37. The van der Waals surface area contributed by atoms with Gasteiger partial charge in [-0.15, -0.1) is 0 Å². The lowest BCUT2D eigenvalue weighted by molar-refractivity contribution is 0.880. The largest absolute Gasteiger partial charge is 0.373 e. The Kier molecular flexibility index (Phi) is 5.03. The summed E-state index contributed by atoms with van der Waals surface area (Å²) >= 11 is 0. The Hall–Kier alpha value is -4.00. The van der Waals surface area contributed by atoms with Crippen LogP contribution in [0.15, 0.2) is 82.8 Å². The van der Waals surface area contributed by atoms with Crippen LogP contribution in [0.4, 0.5) is 28.6 Å². The second-order valence-corrected chi connectivity index (χ2v) is 6.61. The van der Waals surface area contributed by atoms with Gasteiger partial charge < -0.3 is 16.0 Å². The first kappa shape index (κ1) is 18.4. The lowest BCUT2D eigenvalue weighted by atomic mass is 10.1. The maximum absolute atomic E-state index is 12.1. The van der Waals surface area contributed by atoms with Gasteiger partial charge in [0.15, 0.2) is 0 Å². The van der Waals surface area contributed by atoms with Crippen LogP contribution >= 0.6 is 0 Å². The maximum Gasteiger partial charge on any atom is 0.253 e. The van der Waals surface area contributed by atoms with Gasteiger partial charge in [0, 0.05) is 30.2 Å². The summed E-state index contributed by atoms with van der Waals surface area (Å²) in [6.45, 7) is 1.94. The van der Waals surface area contributed by atoms with Gasteiger partial charge in [-0.2, -0.15) is 0 Å². The van der Waals surface area contributed by atoms with Crippen LogP contribution < -0.4 is 26.8 Å². The molecule has 3 N–H and O–H groups in total. The molecule has 2 heterocycles. The molecule has 0 bridgehead atoms. The zero-order chi connectivity index (χ0) is 20.2. The standard InChI is InChI=1S/C22H19N5O2/c1-14(15-6-3-2-4-7-15)25-19-20(22(29)21(19)28)27-16-9-11-24-18(12-16)26-17-8-5-10-23-13-17/h2-14,25H,1H3,(H2,24,26,27)/t14-/m1/s1. The summed E-state index contributed by atoms with van der Waals surface area (Å²) in [5.41, 5.74) is 1.98. The molecule has 0 fully saturated rings. The Morgan fingerprint density at radius 2 is 1.62 bits per heavy atom. The van der Waals surface area contributed by atoms with Crippen molar-refractivity contribution in [2.24, 2.45) is 0 Å². The third-order valence-corrected chi connectivity index (χ3v) is 4.53. The molecule has 2 aromatic carbocycles. The van der Waals surface area contributed by atoms with Crippen molar-refractivity contribution in [2.45, 2.75) is 13.0 Å². The topological polar surface area (TPSA) is 96.0 Å². The summed E-state index contributed by atoms with van der Waals surface area (Å²) in [5, 5.41) is 9.33. The normalized spacial score (nSPS) is 11.8. The lowest BCUT2D eigenvalue weighted by Gasteiger charge is -2.20. The Labute approximate surface area is 167 Å². The number of hydrogen-bond donors (Lipinski definition) is 3. The molecular weight excluding hydrogens is 366 g/mol. The molecule has 0 aliphatic rings. The van der Waals surface area contributed by atoms with Crippen molar-refractivity contribution in [3.8, 4) is 0 Å². The summed E-state index contributed by atoms with van der Waals surface area (Å²) in [5.74, 6) is 0.592. The van der Waals surface area contributed by atoms with E-state index in [1.54, 1.807) is 30.7 Å². The molecule has 1 atom stereocenters. The monoisotopic (exact) mass is 385 g/mol. The van der Waals surface area contributed by atoms with E-state index in [1.807, 2.05) is 49.4 Å². The summed E-state index contributed by atoms with van der Waals surface area (Å²) < 4.78 is 0. The molecular formula is C22H19N5O2. The van der Waals surface area contributed by atoms with Gasteiger partial charge in [-0.1, -0.05) is 30.3 Å². The molecule has 4 aromatic rings. The zero-order valence-corrected chi connectivity index (χ0v) is 15.7. The number of pyridine rings is 2. The highest BCUT2D eigenvalue weighted by molar-refractivity contribution is 5.79. The van der Waals surface area contributed by atoms with Crippen LogP contribution in [-0.4, -0.2) is 9.97 Å². The Bertz CT molecular complexity index is 1190. The van der Waals surface area contributed by atoms with Gasteiger partial charge >= 0.3 is 0 Å². The number of anilines is 5. The Morgan fingerprint density at radius 1 is 0.828 bits per heavy atom. The first-order chi connectivity index (χ1) is 14.1. The fraction of sp³-hybridized carbons (Fsp3) is 0.0909. The van der Waals surface area contributed by atoms with Crippen molar-refractivity contribution in [3.63, 3.8) is 0 Å². The first-order valence-corrected chi connectivity index (χ1v) is 9.17. The van der Waals surface area contributed by atoms with Crippen LogP contribution in [0, 0.1) is 0 Å². The molecule has 0 unspecified atom stereocenters. The maximum atomic E-state index is 12.1. The molecule has 29 heavy (non-hydrogen) atoms. The fourth-order valence-corrected chi connectivity index (χ4v) is 3.00.